The van der Waals surface area contributed by atoms with Gasteiger partial charge in [-0.15, -0.1) is 19.8 Å². The van der Waals surface area contributed by atoms with Gasteiger partial charge in [-0.05, 0) is 14.1 Å². The summed E-state index contributed by atoms with van der Waals surface area (Å²) in [6.45, 7) is 3.34. The largest absolute Gasteiger partial charge is 0.524 e. The molecular weight excluding hydrogens is 171 g/mol. The second-order valence-electron chi connectivity index (χ2n) is 2.51. The average Bonchev–Trinajstić information content (AvgIpc) is 1.83. The van der Waals surface area contributed by atoms with E-state index in [4.69, 9.17) is 0 Å². The van der Waals surface area contributed by atoms with E-state index < -0.39 is 12.6 Å². The Kier molecular flexibility index (Phi) is 4.26. The molecule has 12 heavy (non-hydrogen) atoms. The van der Waals surface area contributed by atoms with Crippen LogP contribution in [0.15, 0.2) is 12.7 Å². The Bertz CT molecular complexity index is 144. The van der Waals surface area contributed by atoms with E-state index in [0.717, 1.165) is 0 Å². The zero-order chi connectivity index (χ0) is 9.78. The van der Waals surface area contributed by atoms with Gasteiger partial charge in [0.05, 0.1) is 0 Å². The predicted octanol–water partition coefficient (Wildman–Crippen LogP) is 1.99. The van der Waals surface area contributed by atoms with Gasteiger partial charge in [-0.25, -0.2) is 0 Å². The van der Waals surface area contributed by atoms with Crippen LogP contribution in [-0.4, -0.2) is 31.6 Å². The highest BCUT2D eigenvalue weighted by Crippen LogP contribution is 2.20. The Morgan fingerprint density at radius 3 is 2.25 bits per heavy atom. The molecule has 5 heteroatoms. The fourth-order valence-corrected chi connectivity index (χ4v) is 0.661. The second kappa shape index (κ2) is 4.47. The van der Waals surface area contributed by atoms with Crippen molar-refractivity contribution >= 4 is 0 Å². The molecule has 0 fully saturated rings. The number of hydrogen-bond acceptors (Lipinski definition) is 2. The van der Waals surface area contributed by atoms with Crippen LogP contribution in [-0.2, 0) is 4.74 Å². The lowest BCUT2D eigenvalue weighted by Crippen LogP contribution is -2.35. The van der Waals surface area contributed by atoms with Gasteiger partial charge in [0.1, 0.15) is 6.23 Å². The fourth-order valence-electron chi connectivity index (χ4n) is 0.661. The summed E-state index contributed by atoms with van der Waals surface area (Å²) in [5.41, 5.74) is 0. The van der Waals surface area contributed by atoms with E-state index in [9.17, 15) is 13.2 Å². The van der Waals surface area contributed by atoms with Crippen LogP contribution in [0, 0.1) is 0 Å². The van der Waals surface area contributed by atoms with Gasteiger partial charge in [-0.3, -0.25) is 9.64 Å². The number of nitrogens with zero attached hydrogens (tertiary/aromatic N) is 1. The topological polar surface area (TPSA) is 12.5 Å². The van der Waals surface area contributed by atoms with Gasteiger partial charge >= 0.3 is 6.36 Å². The van der Waals surface area contributed by atoms with Crippen LogP contribution in [0.2, 0.25) is 0 Å². The van der Waals surface area contributed by atoms with E-state index in [1.54, 1.807) is 0 Å². The Balaban J connectivity index is 4.04. The lowest BCUT2D eigenvalue weighted by molar-refractivity contribution is -0.357. The first kappa shape index (κ1) is 11.4. The van der Waals surface area contributed by atoms with Crippen molar-refractivity contribution in [1.82, 2.24) is 4.90 Å². The molecule has 0 rings (SSSR count). The third-order valence-corrected chi connectivity index (χ3v) is 1.21. The maximum absolute atomic E-state index is 11.7. The summed E-state index contributed by atoms with van der Waals surface area (Å²) < 4.78 is 38.9. The van der Waals surface area contributed by atoms with E-state index in [1.165, 1.54) is 25.1 Å². The summed E-state index contributed by atoms with van der Waals surface area (Å²) in [4.78, 5) is 1.34. The Morgan fingerprint density at radius 2 is 2.00 bits per heavy atom. The number of hydrogen-bond donors (Lipinski definition) is 0. The number of halogens is 3. The van der Waals surface area contributed by atoms with Crippen molar-refractivity contribution in [1.29, 1.82) is 0 Å². The Morgan fingerprint density at radius 1 is 1.50 bits per heavy atom. The smallest absolute Gasteiger partial charge is 0.284 e. The molecule has 2 nitrogen and oxygen atoms in total. The molecule has 0 spiro atoms. The first-order chi connectivity index (χ1) is 5.37. The molecule has 0 aliphatic carbocycles. The lowest BCUT2D eigenvalue weighted by Gasteiger charge is -2.23. The molecule has 0 N–H and O–H groups in total. The van der Waals surface area contributed by atoms with Crippen molar-refractivity contribution in [3.63, 3.8) is 0 Å². The van der Waals surface area contributed by atoms with Crippen molar-refractivity contribution in [3.05, 3.63) is 12.7 Å². The molecule has 72 valence electrons. The number of alkyl halides is 3. The lowest BCUT2D eigenvalue weighted by atomic mass is 10.3. The molecule has 0 heterocycles. The molecule has 0 aliphatic heterocycles. The van der Waals surface area contributed by atoms with Crippen molar-refractivity contribution in [3.8, 4) is 0 Å². The molecular formula is C7H12F3NO. The van der Waals surface area contributed by atoms with Crippen LogP contribution in [0.1, 0.15) is 6.42 Å². The van der Waals surface area contributed by atoms with Gasteiger partial charge in [-0.1, -0.05) is 6.08 Å². The van der Waals surface area contributed by atoms with Crippen LogP contribution in [0.5, 0.6) is 0 Å². The fraction of sp³-hybridized carbons (Fsp3) is 0.714. The van der Waals surface area contributed by atoms with Crippen molar-refractivity contribution in [2.24, 2.45) is 0 Å². The molecule has 0 saturated carbocycles. The minimum Gasteiger partial charge on any atom is -0.284 e. The van der Waals surface area contributed by atoms with Crippen molar-refractivity contribution < 1.29 is 17.9 Å². The van der Waals surface area contributed by atoms with Gasteiger partial charge in [0, 0.05) is 6.42 Å². The van der Waals surface area contributed by atoms with Gasteiger partial charge in [0.15, 0.2) is 0 Å². The minimum absolute atomic E-state index is 0.145. The van der Waals surface area contributed by atoms with Crippen LogP contribution in [0.4, 0.5) is 13.2 Å². The summed E-state index contributed by atoms with van der Waals surface area (Å²) >= 11 is 0. The number of rotatable bonds is 4. The molecule has 1 unspecified atom stereocenters. The van der Waals surface area contributed by atoms with Gasteiger partial charge in [0.25, 0.3) is 0 Å². The predicted molar refractivity (Wildman–Crippen MR) is 39.4 cm³/mol. The van der Waals surface area contributed by atoms with E-state index in [2.05, 4.69) is 11.3 Å². The SMILES string of the molecule is C=CCC(OC(F)(F)F)N(C)C. The minimum atomic E-state index is -4.59. The second-order valence-corrected chi connectivity index (χ2v) is 2.51. The van der Waals surface area contributed by atoms with E-state index >= 15 is 0 Å². The quantitative estimate of drug-likeness (QED) is 0.488. The molecule has 1 atom stereocenters. The first-order valence-electron chi connectivity index (χ1n) is 3.38. The van der Waals surface area contributed by atoms with Gasteiger partial charge < -0.3 is 0 Å². The highest BCUT2D eigenvalue weighted by atomic mass is 19.4. The van der Waals surface area contributed by atoms with Crippen LogP contribution in [0.25, 0.3) is 0 Å². The van der Waals surface area contributed by atoms with Gasteiger partial charge in [-0.2, -0.15) is 0 Å². The molecule has 0 aliphatic rings. The van der Waals surface area contributed by atoms with E-state index in [1.807, 2.05) is 0 Å². The molecule has 0 amide bonds. The van der Waals surface area contributed by atoms with Gasteiger partial charge in [0.2, 0.25) is 0 Å². The molecule has 0 bridgehead atoms. The Labute approximate surface area is 69.6 Å². The summed E-state index contributed by atoms with van der Waals surface area (Å²) in [6, 6.07) is 0. The van der Waals surface area contributed by atoms with Crippen molar-refractivity contribution in [2.45, 2.75) is 19.0 Å². The van der Waals surface area contributed by atoms with E-state index in [-0.39, 0.29) is 6.42 Å². The zero-order valence-electron chi connectivity index (χ0n) is 7.06. The maximum Gasteiger partial charge on any atom is 0.524 e. The standard InChI is InChI=1S/C7H12F3NO/c1-4-5-6(11(2)3)12-7(8,9)10/h4,6H,1,5H2,2-3H3. The van der Waals surface area contributed by atoms with E-state index in [0.29, 0.717) is 0 Å². The summed E-state index contributed by atoms with van der Waals surface area (Å²) in [7, 11) is 3.03. The highest BCUT2D eigenvalue weighted by molar-refractivity contribution is 4.72. The van der Waals surface area contributed by atoms with Crippen molar-refractivity contribution in [2.75, 3.05) is 14.1 Å². The summed E-state index contributed by atoms with van der Waals surface area (Å²) in [5, 5.41) is 0. The van der Waals surface area contributed by atoms with Crippen LogP contribution in [0.3, 0.4) is 0 Å². The van der Waals surface area contributed by atoms with Crippen LogP contribution >= 0.6 is 0 Å². The average molecular weight is 183 g/mol. The maximum atomic E-state index is 11.7. The third kappa shape index (κ3) is 5.15. The molecule has 0 saturated heterocycles. The molecule has 0 aromatic carbocycles. The number of ether oxygens (including phenoxy) is 1. The summed E-state index contributed by atoms with van der Waals surface area (Å²) in [6.07, 6.45) is -4.04. The highest BCUT2D eigenvalue weighted by Gasteiger charge is 2.33. The monoisotopic (exact) mass is 183 g/mol. The molecule has 0 aromatic heterocycles. The normalized spacial score (nSPS) is 14.8. The third-order valence-electron chi connectivity index (χ3n) is 1.21. The Hall–Kier alpha value is -0.550. The van der Waals surface area contributed by atoms with Crippen LogP contribution < -0.4 is 0 Å². The molecule has 0 radical (unpaired) electrons. The zero-order valence-corrected chi connectivity index (χ0v) is 7.06. The summed E-state index contributed by atoms with van der Waals surface area (Å²) in [5.74, 6) is 0. The first-order valence-corrected chi connectivity index (χ1v) is 3.38. The molecule has 0 aromatic rings.